The molecule has 0 unspecified atom stereocenters. The molecular formula is C59H52Zr. The molecule has 0 saturated carbocycles. The summed E-state index contributed by atoms with van der Waals surface area (Å²) < 4.78 is 2.21. The normalized spacial score (nSPS) is 13.9. The van der Waals surface area contributed by atoms with Crippen molar-refractivity contribution in [1.82, 2.24) is 0 Å². The summed E-state index contributed by atoms with van der Waals surface area (Å²) in [6.07, 6.45) is 9.71. The second-order valence-corrected chi connectivity index (χ2v) is 25.4. The first kappa shape index (κ1) is 38.7. The average molecular weight is 852 g/mol. The van der Waals surface area contributed by atoms with Gasteiger partial charge in [-0.25, -0.2) is 0 Å². The number of hydrogen-bond donors (Lipinski definition) is 0. The summed E-state index contributed by atoms with van der Waals surface area (Å²) in [5.41, 5.74) is 16.6. The van der Waals surface area contributed by atoms with E-state index < -0.39 is 21.3 Å². The molecule has 0 nitrogen and oxygen atoms in total. The summed E-state index contributed by atoms with van der Waals surface area (Å²) in [7, 11) is 0. The maximum atomic E-state index is 2.65. The zero-order valence-electron chi connectivity index (χ0n) is 35.6. The maximum absolute atomic E-state index is 3.07. The van der Waals surface area contributed by atoms with Crippen LogP contribution in [0.25, 0.3) is 54.9 Å². The first-order valence-corrected chi connectivity index (χ1v) is 25.7. The molecule has 10 rings (SSSR count). The van der Waals surface area contributed by atoms with Crippen LogP contribution < -0.4 is 0 Å². The molecule has 0 aromatic heterocycles. The van der Waals surface area contributed by atoms with Gasteiger partial charge in [0.1, 0.15) is 0 Å². The van der Waals surface area contributed by atoms with E-state index in [-0.39, 0.29) is 14.5 Å². The second-order valence-electron chi connectivity index (χ2n) is 18.9. The fraction of sp³-hybridized carbons (Fsp3) is 0.169. The Balaban J connectivity index is 1.38. The van der Waals surface area contributed by atoms with Crippen LogP contribution in [0, 0.1) is 0 Å². The summed E-state index contributed by atoms with van der Waals surface area (Å²) in [4.78, 5) is 0. The molecule has 0 heterocycles. The van der Waals surface area contributed by atoms with E-state index in [1.807, 2.05) is 0 Å². The van der Waals surface area contributed by atoms with Crippen molar-refractivity contribution in [2.75, 3.05) is 0 Å². The van der Waals surface area contributed by atoms with Crippen molar-refractivity contribution in [1.29, 1.82) is 0 Å². The third-order valence-electron chi connectivity index (χ3n) is 12.9. The van der Waals surface area contributed by atoms with Gasteiger partial charge in [-0.2, -0.15) is 0 Å². The van der Waals surface area contributed by atoms with Crippen LogP contribution in [-0.2, 0) is 32.1 Å². The van der Waals surface area contributed by atoms with Crippen molar-refractivity contribution in [3.05, 3.63) is 228 Å². The zero-order valence-corrected chi connectivity index (χ0v) is 38.1. The number of fused-ring (bicyclic) bond motifs is 5. The third-order valence-corrected chi connectivity index (χ3v) is 21.5. The van der Waals surface area contributed by atoms with E-state index in [4.69, 9.17) is 0 Å². The van der Waals surface area contributed by atoms with Crippen LogP contribution in [0.3, 0.4) is 0 Å². The van der Waals surface area contributed by atoms with E-state index in [1.165, 1.54) is 88.3 Å². The second kappa shape index (κ2) is 15.2. The molecule has 0 radical (unpaired) electrons. The van der Waals surface area contributed by atoms with Crippen molar-refractivity contribution in [2.45, 2.75) is 59.6 Å². The zero-order chi connectivity index (χ0) is 41.2. The molecule has 0 atom stereocenters. The summed E-state index contributed by atoms with van der Waals surface area (Å²) in [5.74, 6) is 0. The quantitative estimate of drug-likeness (QED) is 0.156. The number of benzene rings is 8. The first-order valence-electron chi connectivity index (χ1n) is 21.6. The Morgan fingerprint density at radius 1 is 0.400 bits per heavy atom. The predicted octanol–water partition coefficient (Wildman–Crippen LogP) is 15.8. The van der Waals surface area contributed by atoms with Crippen LogP contribution in [0.2, 0.25) is 3.63 Å². The van der Waals surface area contributed by atoms with Gasteiger partial charge in [-0.3, -0.25) is 0 Å². The van der Waals surface area contributed by atoms with Gasteiger partial charge in [0.2, 0.25) is 0 Å². The Morgan fingerprint density at radius 3 is 1.22 bits per heavy atom. The molecule has 0 bridgehead atoms. The minimum atomic E-state index is -3.07. The van der Waals surface area contributed by atoms with Crippen LogP contribution in [0.15, 0.2) is 194 Å². The van der Waals surface area contributed by atoms with Crippen LogP contribution in [0.1, 0.15) is 78.5 Å². The van der Waals surface area contributed by atoms with Crippen molar-refractivity contribution >= 4 is 24.8 Å². The van der Waals surface area contributed by atoms with Gasteiger partial charge in [-0.1, -0.05) is 0 Å². The fourth-order valence-electron chi connectivity index (χ4n) is 9.97. The van der Waals surface area contributed by atoms with E-state index in [9.17, 15) is 0 Å². The van der Waals surface area contributed by atoms with Crippen molar-refractivity contribution in [2.24, 2.45) is 0 Å². The fourth-order valence-corrected chi connectivity index (χ4v) is 19.2. The van der Waals surface area contributed by atoms with E-state index in [0.29, 0.717) is 3.63 Å². The van der Waals surface area contributed by atoms with E-state index in [1.54, 1.807) is 3.21 Å². The molecule has 0 fully saturated rings. The Labute approximate surface area is 364 Å². The van der Waals surface area contributed by atoms with Crippen molar-refractivity contribution < 1.29 is 21.3 Å². The molecule has 0 saturated heterocycles. The van der Waals surface area contributed by atoms with Gasteiger partial charge in [0, 0.05) is 0 Å². The molecule has 292 valence electrons. The topological polar surface area (TPSA) is 0 Å². The summed E-state index contributed by atoms with van der Waals surface area (Å²) in [5, 5.41) is 5.16. The predicted molar refractivity (Wildman–Crippen MR) is 255 cm³/mol. The molecule has 8 aromatic carbocycles. The van der Waals surface area contributed by atoms with E-state index >= 15 is 0 Å². The van der Waals surface area contributed by atoms with Gasteiger partial charge in [0.15, 0.2) is 0 Å². The average Bonchev–Trinajstić information content (AvgIpc) is 3.91. The van der Waals surface area contributed by atoms with E-state index in [0.717, 1.165) is 0 Å². The van der Waals surface area contributed by atoms with Crippen molar-refractivity contribution in [3.8, 4) is 33.4 Å². The molecule has 0 spiro atoms. The van der Waals surface area contributed by atoms with Crippen LogP contribution >= 0.6 is 0 Å². The molecule has 1 heteroatoms. The molecule has 2 aliphatic carbocycles. The summed E-state index contributed by atoms with van der Waals surface area (Å²) in [6.45, 7) is 14.3. The van der Waals surface area contributed by atoms with Gasteiger partial charge in [-0.05, 0) is 0 Å². The minimum absolute atomic E-state index is 0.0543. The molecule has 8 aromatic rings. The van der Waals surface area contributed by atoms with Crippen LogP contribution in [-0.4, -0.2) is 3.21 Å². The van der Waals surface area contributed by atoms with E-state index in [2.05, 4.69) is 236 Å². The number of allylic oxidation sites excluding steroid dienone is 4. The molecular weight excluding hydrogens is 800 g/mol. The molecule has 0 N–H and O–H groups in total. The number of hydrogen-bond acceptors (Lipinski definition) is 0. The van der Waals surface area contributed by atoms with Crippen molar-refractivity contribution in [3.63, 3.8) is 0 Å². The van der Waals surface area contributed by atoms with Gasteiger partial charge in [0.05, 0.1) is 0 Å². The Hall–Kier alpha value is -5.49. The Kier molecular flexibility index (Phi) is 9.81. The first-order chi connectivity index (χ1) is 29.0. The van der Waals surface area contributed by atoms with Crippen LogP contribution in [0.5, 0.6) is 0 Å². The van der Waals surface area contributed by atoms with Gasteiger partial charge >= 0.3 is 367 Å². The Bertz CT molecular complexity index is 2840. The standard InChI is InChI=1S/C33H33.C21H14.C5H5.Zr/c1-32(2,3)30-20-26-24(18-28(30)22-13-9-7-10-14-22)17-25-19-29(23-15-11-8-12-16-23)31(21-27(25)26)33(4,5)6;1-3-7-20-14-16(9-11-18(20)5-1)13-17-10-12-19-6-2-4-8-21(19)15-17;1-2-4-5-3-1;/h7-21H,1-6H3;1-12,14-15H;1-5H;. The number of rotatable bonds is 6. The van der Waals surface area contributed by atoms with Crippen LogP contribution in [0.4, 0.5) is 0 Å². The third kappa shape index (κ3) is 6.96. The summed E-state index contributed by atoms with van der Waals surface area (Å²) in [6, 6.07) is 65.1. The monoisotopic (exact) mass is 850 g/mol. The summed E-state index contributed by atoms with van der Waals surface area (Å²) >= 11 is -3.07. The molecule has 2 aliphatic rings. The molecule has 0 aliphatic heterocycles. The molecule has 60 heavy (non-hydrogen) atoms. The molecule has 0 amide bonds. The Morgan fingerprint density at radius 2 is 0.800 bits per heavy atom. The van der Waals surface area contributed by atoms with Gasteiger partial charge < -0.3 is 0 Å². The van der Waals surface area contributed by atoms with Gasteiger partial charge in [-0.15, -0.1) is 0 Å². The SMILES string of the molecule is CC(C)(C)c1cc2c(cc1-c1ccccc1)[CH]([Zr](=[C](c1ccc3ccccc3c1)c1ccc3ccccc3c1)[CH]1C=CC=C1)c1cc(-c3ccccc3)c(C(C)(C)C)cc1-2. The van der Waals surface area contributed by atoms with Gasteiger partial charge in [0.25, 0.3) is 0 Å².